The van der Waals surface area contributed by atoms with E-state index in [4.69, 9.17) is 0 Å². The third kappa shape index (κ3) is 10.4. The summed E-state index contributed by atoms with van der Waals surface area (Å²) in [5, 5.41) is 0. The van der Waals surface area contributed by atoms with Gasteiger partial charge in [-0.2, -0.15) is 0 Å². The smallest absolute Gasteiger partial charge is 0.0224 e. The molecule has 0 aromatic rings. The van der Waals surface area contributed by atoms with E-state index in [1.165, 1.54) is 5.71 Å². The van der Waals surface area contributed by atoms with Crippen molar-refractivity contribution in [2.45, 2.75) is 41.0 Å². The summed E-state index contributed by atoms with van der Waals surface area (Å²) in [7, 11) is 0. The molecule has 1 nitrogen and oxygen atoms in total. The molecular weight excluding hydrogens is 122 g/mol. The van der Waals surface area contributed by atoms with Crippen molar-refractivity contribution in [3.05, 3.63) is 12.3 Å². The molecule has 60 valence electrons. The van der Waals surface area contributed by atoms with Gasteiger partial charge in [-0.3, -0.25) is 4.99 Å². The van der Waals surface area contributed by atoms with Gasteiger partial charge in [0.05, 0.1) is 0 Å². The molecule has 0 atom stereocenters. The molecule has 0 aliphatic rings. The van der Waals surface area contributed by atoms with Crippen LogP contribution in [0.1, 0.15) is 41.0 Å². The predicted octanol–water partition coefficient (Wildman–Crippen LogP) is 3.42. The predicted molar refractivity (Wildman–Crippen MR) is 49.6 cm³/mol. The molecule has 0 fully saturated rings. The molecule has 1 heteroatoms. The van der Waals surface area contributed by atoms with Crippen LogP contribution in [-0.2, 0) is 0 Å². The molecule has 0 aromatic heterocycles. The molecule has 0 heterocycles. The molecule has 10 heavy (non-hydrogen) atoms. The molecule has 0 spiro atoms. The van der Waals surface area contributed by atoms with E-state index in [-0.39, 0.29) is 0 Å². The molecule has 0 saturated heterocycles. The van der Waals surface area contributed by atoms with Crippen LogP contribution in [0.25, 0.3) is 0 Å². The first-order valence-corrected chi connectivity index (χ1v) is 3.95. The van der Waals surface area contributed by atoms with Crippen LogP contribution in [0.5, 0.6) is 0 Å². The Labute approximate surface area is 64.9 Å². The number of hydrogen-bond donors (Lipinski definition) is 0. The highest BCUT2D eigenvalue weighted by Gasteiger charge is 1.77. The maximum atomic E-state index is 4.10. The molecule has 0 rings (SSSR count). The highest BCUT2D eigenvalue weighted by Crippen LogP contribution is 1.84. The Morgan fingerprint density at radius 3 is 2.20 bits per heavy atom. The molecule has 0 radical (unpaired) electrons. The van der Waals surface area contributed by atoms with Gasteiger partial charge in [0, 0.05) is 11.9 Å². The van der Waals surface area contributed by atoms with E-state index in [1.807, 2.05) is 40.0 Å². The molecule has 0 amide bonds. The van der Waals surface area contributed by atoms with Gasteiger partial charge in [-0.25, -0.2) is 0 Å². The topological polar surface area (TPSA) is 12.4 Å². The zero-order chi connectivity index (χ0) is 8.41. The second kappa shape index (κ2) is 11.2. The van der Waals surface area contributed by atoms with E-state index in [0.717, 1.165) is 6.42 Å². The maximum Gasteiger partial charge on any atom is 0.0224 e. The van der Waals surface area contributed by atoms with Gasteiger partial charge in [0.1, 0.15) is 0 Å². The monoisotopic (exact) mass is 141 g/mol. The number of allylic oxidation sites excluding steroid dienone is 1. The minimum absolute atomic E-state index is 1.05. The SMILES string of the molecule is C/C=C\N=C(C)CC.CC. The molecule has 0 aromatic carbocycles. The summed E-state index contributed by atoms with van der Waals surface area (Å²) >= 11 is 0. The van der Waals surface area contributed by atoms with E-state index in [9.17, 15) is 0 Å². The Hall–Kier alpha value is -0.590. The average molecular weight is 141 g/mol. The van der Waals surface area contributed by atoms with E-state index in [2.05, 4.69) is 11.9 Å². The molecule has 0 aliphatic heterocycles. The summed E-state index contributed by atoms with van der Waals surface area (Å²) in [5.74, 6) is 0. The minimum Gasteiger partial charge on any atom is -0.266 e. The lowest BCUT2D eigenvalue weighted by atomic mass is 10.3. The van der Waals surface area contributed by atoms with Crippen molar-refractivity contribution in [1.29, 1.82) is 0 Å². The zero-order valence-corrected chi connectivity index (χ0v) is 7.81. The van der Waals surface area contributed by atoms with Gasteiger partial charge in [0.2, 0.25) is 0 Å². The van der Waals surface area contributed by atoms with Crippen LogP contribution < -0.4 is 0 Å². The molecular formula is C9H19N. The Bertz CT molecular complexity index is 101. The van der Waals surface area contributed by atoms with Crippen molar-refractivity contribution < 1.29 is 0 Å². The minimum atomic E-state index is 1.05. The van der Waals surface area contributed by atoms with Crippen LogP contribution in [0, 0.1) is 0 Å². The van der Waals surface area contributed by atoms with Gasteiger partial charge in [0.25, 0.3) is 0 Å². The fraction of sp³-hybridized carbons (Fsp3) is 0.667. The second-order valence-corrected chi connectivity index (χ2v) is 1.70. The van der Waals surface area contributed by atoms with E-state index in [1.54, 1.807) is 0 Å². The molecule has 0 aliphatic carbocycles. The van der Waals surface area contributed by atoms with E-state index >= 15 is 0 Å². The Balaban J connectivity index is 0. The first kappa shape index (κ1) is 12.1. The summed E-state index contributed by atoms with van der Waals surface area (Å²) in [6, 6.07) is 0. The summed E-state index contributed by atoms with van der Waals surface area (Å²) in [5.41, 5.74) is 1.18. The quantitative estimate of drug-likeness (QED) is 0.522. The van der Waals surface area contributed by atoms with Crippen molar-refractivity contribution in [2.75, 3.05) is 0 Å². The molecule has 0 bridgehead atoms. The molecule has 0 N–H and O–H groups in total. The summed E-state index contributed by atoms with van der Waals surface area (Å²) in [4.78, 5) is 4.10. The van der Waals surface area contributed by atoms with Crippen LogP contribution in [0.15, 0.2) is 17.3 Å². The van der Waals surface area contributed by atoms with Crippen molar-refractivity contribution in [3.8, 4) is 0 Å². The van der Waals surface area contributed by atoms with Crippen molar-refractivity contribution in [1.82, 2.24) is 0 Å². The largest absolute Gasteiger partial charge is 0.266 e. The second-order valence-electron chi connectivity index (χ2n) is 1.70. The van der Waals surface area contributed by atoms with Crippen molar-refractivity contribution >= 4 is 5.71 Å². The Morgan fingerprint density at radius 2 is 1.90 bits per heavy atom. The number of nitrogens with zero attached hydrogens (tertiary/aromatic N) is 1. The van der Waals surface area contributed by atoms with Crippen LogP contribution in [-0.4, -0.2) is 5.71 Å². The highest BCUT2D eigenvalue weighted by molar-refractivity contribution is 5.82. The molecule has 0 unspecified atom stereocenters. The van der Waals surface area contributed by atoms with Crippen molar-refractivity contribution in [3.63, 3.8) is 0 Å². The Morgan fingerprint density at radius 1 is 1.40 bits per heavy atom. The van der Waals surface area contributed by atoms with Crippen LogP contribution in [0.4, 0.5) is 0 Å². The van der Waals surface area contributed by atoms with Crippen LogP contribution in [0.2, 0.25) is 0 Å². The summed E-state index contributed by atoms with van der Waals surface area (Å²) in [6.45, 7) is 10.1. The van der Waals surface area contributed by atoms with Crippen LogP contribution in [0.3, 0.4) is 0 Å². The number of rotatable bonds is 2. The van der Waals surface area contributed by atoms with Gasteiger partial charge in [-0.1, -0.05) is 26.8 Å². The average Bonchev–Trinajstić information content (AvgIpc) is 2.04. The first-order chi connectivity index (χ1) is 4.81. The van der Waals surface area contributed by atoms with Crippen molar-refractivity contribution in [2.24, 2.45) is 4.99 Å². The van der Waals surface area contributed by atoms with Crippen LogP contribution >= 0.6 is 0 Å². The lowest BCUT2D eigenvalue weighted by molar-refractivity contribution is 1.25. The zero-order valence-electron chi connectivity index (χ0n) is 7.81. The van der Waals surface area contributed by atoms with Gasteiger partial charge < -0.3 is 0 Å². The lowest BCUT2D eigenvalue weighted by Gasteiger charge is -1.86. The summed E-state index contributed by atoms with van der Waals surface area (Å²) < 4.78 is 0. The maximum absolute atomic E-state index is 4.10. The van der Waals surface area contributed by atoms with E-state index < -0.39 is 0 Å². The number of hydrogen-bond acceptors (Lipinski definition) is 1. The number of aliphatic imine (C=N–C) groups is 1. The lowest BCUT2D eigenvalue weighted by Crippen LogP contribution is -1.83. The fourth-order valence-electron chi connectivity index (χ4n) is 0.293. The molecule has 0 saturated carbocycles. The fourth-order valence-corrected chi connectivity index (χ4v) is 0.293. The summed E-state index contributed by atoms with van der Waals surface area (Å²) in [6.07, 6.45) is 4.79. The van der Waals surface area contributed by atoms with Gasteiger partial charge in [-0.15, -0.1) is 0 Å². The van der Waals surface area contributed by atoms with E-state index in [0.29, 0.717) is 0 Å². The Kier molecular flexibility index (Phi) is 13.6. The van der Waals surface area contributed by atoms with Gasteiger partial charge in [0.15, 0.2) is 0 Å². The third-order valence-corrected chi connectivity index (χ3v) is 0.956. The third-order valence-electron chi connectivity index (χ3n) is 0.956. The normalized spacial score (nSPS) is 11.1. The van der Waals surface area contributed by atoms with Gasteiger partial charge in [-0.05, 0) is 20.3 Å². The first-order valence-electron chi connectivity index (χ1n) is 3.95. The highest BCUT2D eigenvalue weighted by atomic mass is 14.7. The van der Waals surface area contributed by atoms with Gasteiger partial charge >= 0.3 is 0 Å². The standard InChI is InChI=1S/C7H13N.C2H6/c1-4-6-8-7(3)5-2;1-2/h4,6H,5H2,1-3H3;1-2H3/b6-4-,8-7?;.